The Hall–Kier alpha value is -0.680. The van der Waals surface area contributed by atoms with E-state index in [0.717, 1.165) is 38.5 Å². The van der Waals surface area contributed by atoms with Crippen LogP contribution in [-0.2, 0) is 11.3 Å². The van der Waals surface area contributed by atoms with Crippen molar-refractivity contribution in [2.75, 3.05) is 31.1 Å². The number of halogens is 2. The highest BCUT2D eigenvalue weighted by atomic mass is 35.5. The van der Waals surface area contributed by atoms with E-state index in [2.05, 4.69) is 42.3 Å². The molecule has 2 heterocycles. The molecule has 0 spiro atoms. The fourth-order valence-corrected chi connectivity index (χ4v) is 2.87. The van der Waals surface area contributed by atoms with E-state index in [4.69, 9.17) is 9.47 Å². The summed E-state index contributed by atoms with van der Waals surface area (Å²) in [5.74, 6) is 1.02. The topological polar surface area (TPSA) is 33.7 Å². The molecule has 2 aliphatic rings. The van der Waals surface area contributed by atoms with Gasteiger partial charge in [-0.15, -0.1) is 24.8 Å². The second-order valence-corrected chi connectivity index (χ2v) is 5.48. The minimum absolute atomic E-state index is 0. The number of nitrogens with one attached hydrogen (secondary N) is 1. The summed E-state index contributed by atoms with van der Waals surface area (Å²) in [4.78, 5) is 2.39. The molecule has 2 atom stereocenters. The van der Waals surface area contributed by atoms with Crippen LogP contribution in [0, 0.1) is 0 Å². The first-order valence-corrected chi connectivity index (χ1v) is 7.09. The van der Waals surface area contributed by atoms with E-state index in [1.807, 2.05) is 0 Å². The lowest BCUT2D eigenvalue weighted by atomic mass is 10.1. The number of nitrogens with zero attached hydrogens (tertiary/aromatic N) is 1. The molecular formula is C15H24Cl2N2O2. The smallest absolute Gasteiger partial charge is 0.125 e. The van der Waals surface area contributed by atoms with E-state index in [9.17, 15) is 0 Å². The van der Waals surface area contributed by atoms with Crippen LogP contribution in [0.2, 0.25) is 0 Å². The maximum atomic E-state index is 5.81. The number of anilines is 1. The standard InChI is InChI=1S/C15H22N2O2.2ClH/c1-11-9-17(10-12(2)19-11)14-4-3-13-8-16-5-6-18-15(13)7-14;;/h3-4,7,11-12,16H,5-6,8-10H2,1-2H3;2*1H/t11-,12+;;. The Kier molecular flexibility index (Phi) is 7.07. The molecule has 0 amide bonds. The van der Waals surface area contributed by atoms with Crippen molar-refractivity contribution in [3.05, 3.63) is 23.8 Å². The van der Waals surface area contributed by atoms with E-state index in [1.54, 1.807) is 0 Å². The second-order valence-electron chi connectivity index (χ2n) is 5.48. The van der Waals surface area contributed by atoms with Crippen LogP contribution in [0.1, 0.15) is 19.4 Å². The van der Waals surface area contributed by atoms with E-state index in [-0.39, 0.29) is 37.0 Å². The van der Waals surface area contributed by atoms with Crippen LogP contribution in [0.15, 0.2) is 18.2 Å². The maximum absolute atomic E-state index is 5.81. The van der Waals surface area contributed by atoms with Crippen molar-refractivity contribution in [2.24, 2.45) is 0 Å². The number of hydrogen-bond acceptors (Lipinski definition) is 4. The van der Waals surface area contributed by atoms with Gasteiger partial charge in [0.05, 0.1) is 12.2 Å². The molecule has 1 aromatic rings. The highest BCUT2D eigenvalue weighted by Gasteiger charge is 2.23. The Morgan fingerprint density at radius 2 is 1.86 bits per heavy atom. The number of morpholine rings is 1. The Bertz CT molecular complexity index is 449. The van der Waals surface area contributed by atoms with Crippen LogP contribution < -0.4 is 15.0 Å². The summed E-state index contributed by atoms with van der Waals surface area (Å²) < 4.78 is 11.6. The van der Waals surface area contributed by atoms with Gasteiger partial charge in [-0.3, -0.25) is 0 Å². The van der Waals surface area contributed by atoms with Crippen molar-refractivity contribution in [1.29, 1.82) is 0 Å². The summed E-state index contributed by atoms with van der Waals surface area (Å²) in [7, 11) is 0. The maximum Gasteiger partial charge on any atom is 0.125 e. The summed E-state index contributed by atoms with van der Waals surface area (Å²) in [5, 5.41) is 3.36. The fourth-order valence-electron chi connectivity index (χ4n) is 2.87. The van der Waals surface area contributed by atoms with Crippen molar-refractivity contribution in [2.45, 2.75) is 32.6 Å². The molecule has 1 N–H and O–H groups in total. The average molecular weight is 335 g/mol. The van der Waals surface area contributed by atoms with Gasteiger partial charge in [0.2, 0.25) is 0 Å². The molecule has 0 aliphatic carbocycles. The van der Waals surface area contributed by atoms with Crippen molar-refractivity contribution >= 4 is 30.5 Å². The lowest BCUT2D eigenvalue weighted by molar-refractivity contribution is -0.00523. The van der Waals surface area contributed by atoms with Gasteiger partial charge in [0.1, 0.15) is 12.4 Å². The first kappa shape index (κ1) is 18.4. The van der Waals surface area contributed by atoms with Gasteiger partial charge >= 0.3 is 0 Å². The highest BCUT2D eigenvalue weighted by Crippen LogP contribution is 2.28. The lowest BCUT2D eigenvalue weighted by Gasteiger charge is -2.37. The predicted octanol–water partition coefficient (Wildman–Crippen LogP) is 2.63. The third-order valence-electron chi connectivity index (χ3n) is 3.69. The number of rotatable bonds is 1. The normalized spacial score (nSPS) is 24.8. The number of hydrogen-bond donors (Lipinski definition) is 1. The molecule has 0 unspecified atom stereocenters. The van der Waals surface area contributed by atoms with Crippen LogP contribution in [-0.4, -0.2) is 38.4 Å². The molecule has 120 valence electrons. The van der Waals surface area contributed by atoms with Gasteiger partial charge in [0.25, 0.3) is 0 Å². The predicted molar refractivity (Wildman–Crippen MR) is 90.4 cm³/mol. The van der Waals surface area contributed by atoms with Crippen LogP contribution in [0.5, 0.6) is 5.75 Å². The van der Waals surface area contributed by atoms with Crippen molar-refractivity contribution < 1.29 is 9.47 Å². The third kappa shape index (κ3) is 4.39. The monoisotopic (exact) mass is 334 g/mol. The third-order valence-corrected chi connectivity index (χ3v) is 3.69. The largest absolute Gasteiger partial charge is 0.492 e. The molecule has 3 rings (SSSR count). The van der Waals surface area contributed by atoms with Gasteiger partial charge in [-0.25, -0.2) is 0 Å². The van der Waals surface area contributed by atoms with Gasteiger partial charge in [0, 0.05) is 43.5 Å². The molecular weight excluding hydrogens is 311 g/mol. The Morgan fingerprint density at radius 1 is 1.14 bits per heavy atom. The van der Waals surface area contributed by atoms with Gasteiger partial charge in [-0.2, -0.15) is 0 Å². The zero-order valence-electron chi connectivity index (χ0n) is 12.5. The van der Waals surface area contributed by atoms with Crippen LogP contribution in [0.4, 0.5) is 5.69 Å². The molecule has 2 aliphatic heterocycles. The Morgan fingerprint density at radius 3 is 2.57 bits per heavy atom. The fraction of sp³-hybridized carbons (Fsp3) is 0.600. The average Bonchev–Trinajstić information content (AvgIpc) is 2.61. The van der Waals surface area contributed by atoms with Gasteiger partial charge in [-0.05, 0) is 19.9 Å². The SMILES string of the molecule is C[C@@H]1CN(c2ccc3c(c2)OCCNC3)C[C@H](C)O1.Cl.Cl. The van der Waals surface area contributed by atoms with Gasteiger partial charge < -0.3 is 19.7 Å². The molecule has 0 radical (unpaired) electrons. The van der Waals surface area contributed by atoms with Crippen molar-refractivity contribution in [3.63, 3.8) is 0 Å². The Labute approximate surface area is 139 Å². The summed E-state index contributed by atoms with van der Waals surface area (Å²) in [6.07, 6.45) is 0.565. The second kappa shape index (κ2) is 8.08. The van der Waals surface area contributed by atoms with Crippen LogP contribution in [0.3, 0.4) is 0 Å². The number of ether oxygens (including phenoxy) is 2. The molecule has 0 bridgehead atoms. The van der Waals surface area contributed by atoms with E-state index < -0.39 is 0 Å². The van der Waals surface area contributed by atoms with Gasteiger partial charge in [-0.1, -0.05) is 6.07 Å². The molecule has 4 nitrogen and oxygen atoms in total. The zero-order chi connectivity index (χ0) is 13.2. The zero-order valence-corrected chi connectivity index (χ0v) is 14.1. The van der Waals surface area contributed by atoms with Crippen molar-refractivity contribution in [1.82, 2.24) is 5.32 Å². The number of fused-ring (bicyclic) bond motifs is 1. The van der Waals surface area contributed by atoms with E-state index in [1.165, 1.54) is 11.3 Å². The van der Waals surface area contributed by atoms with Crippen LogP contribution >= 0.6 is 24.8 Å². The molecule has 1 fully saturated rings. The first-order valence-electron chi connectivity index (χ1n) is 7.09. The van der Waals surface area contributed by atoms with E-state index in [0.29, 0.717) is 0 Å². The minimum Gasteiger partial charge on any atom is -0.492 e. The molecule has 0 saturated carbocycles. The summed E-state index contributed by atoms with van der Waals surface area (Å²) in [5.41, 5.74) is 2.48. The number of benzene rings is 1. The summed E-state index contributed by atoms with van der Waals surface area (Å²) >= 11 is 0. The van der Waals surface area contributed by atoms with Gasteiger partial charge in [0.15, 0.2) is 0 Å². The Balaban J connectivity index is 0.00000110. The van der Waals surface area contributed by atoms with Crippen molar-refractivity contribution in [3.8, 4) is 5.75 Å². The van der Waals surface area contributed by atoms with Crippen LogP contribution in [0.25, 0.3) is 0 Å². The lowest BCUT2D eigenvalue weighted by Crippen LogP contribution is -2.45. The molecule has 1 saturated heterocycles. The molecule has 6 heteroatoms. The van der Waals surface area contributed by atoms with E-state index >= 15 is 0 Å². The summed E-state index contributed by atoms with van der Waals surface area (Å²) in [6, 6.07) is 6.54. The molecule has 1 aromatic carbocycles. The molecule has 21 heavy (non-hydrogen) atoms. The highest BCUT2D eigenvalue weighted by molar-refractivity contribution is 5.85. The summed E-state index contributed by atoms with van der Waals surface area (Å²) in [6.45, 7) is 8.70. The minimum atomic E-state index is 0. The first-order chi connectivity index (χ1) is 9.22. The quantitative estimate of drug-likeness (QED) is 0.855. The molecule has 0 aromatic heterocycles.